The minimum absolute atomic E-state index is 0. The summed E-state index contributed by atoms with van der Waals surface area (Å²) in [4.78, 5) is 5.56. The van der Waals surface area contributed by atoms with E-state index >= 15 is 0 Å². The Morgan fingerprint density at radius 2 is 2.31 bits per heavy atom. The molecule has 0 radical (unpaired) electrons. The summed E-state index contributed by atoms with van der Waals surface area (Å²) >= 11 is 1.65. The van der Waals surface area contributed by atoms with Crippen molar-refractivity contribution in [2.75, 3.05) is 0 Å². The van der Waals surface area contributed by atoms with Gasteiger partial charge in [-0.1, -0.05) is 0 Å². The molecule has 2 aromatic heterocycles. The van der Waals surface area contributed by atoms with Crippen molar-refractivity contribution in [3.63, 3.8) is 0 Å². The molecule has 0 amide bonds. The van der Waals surface area contributed by atoms with Crippen LogP contribution in [0.2, 0.25) is 0 Å². The lowest BCUT2D eigenvalue weighted by atomic mass is 10.0. The van der Waals surface area contributed by atoms with Crippen LogP contribution in [0.3, 0.4) is 0 Å². The second kappa shape index (κ2) is 4.31. The first kappa shape index (κ1) is 11.2. The summed E-state index contributed by atoms with van der Waals surface area (Å²) in [7, 11) is 0. The van der Waals surface area contributed by atoms with E-state index in [-0.39, 0.29) is 18.4 Å². The molecule has 0 spiro atoms. The van der Waals surface area contributed by atoms with Gasteiger partial charge in [-0.3, -0.25) is 4.99 Å². The first-order valence-corrected chi connectivity index (χ1v) is 5.66. The summed E-state index contributed by atoms with van der Waals surface area (Å²) in [6.45, 7) is 0. The Hall–Kier alpha value is -1.26. The topological polar surface area (TPSA) is 51.5 Å². The number of halogens is 1. The van der Waals surface area contributed by atoms with Crippen LogP contribution < -0.4 is 5.73 Å². The Labute approximate surface area is 103 Å². The summed E-state index contributed by atoms with van der Waals surface area (Å²) in [5.74, 6) is 1.52. The van der Waals surface area contributed by atoms with Crippen molar-refractivity contribution in [2.24, 2.45) is 10.7 Å². The Morgan fingerprint density at radius 3 is 3.06 bits per heavy atom. The number of aliphatic imine (C=N–C) groups is 1. The van der Waals surface area contributed by atoms with Crippen LogP contribution in [0.25, 0.3) is 0 Å². The summed E-state index contributed by atoms with van der Waals surface area (Å²) in [5, 5.41) is 2.05. The smallest absolute Gasteiger partial charge is 0.136 e. The molecule has 3 rings (SSSR count). The standard InChI is InChI=1S/C11H10N2OS.ClH/c12-11-10-7(3-5-15-10)6-8(13-11)9-2-1-4-14-9;/h1-5,8H,6H2,(H2,12,13);1H. The first-order valence-electron chi connectivity index (χ1n) is 4.78. The van der Waals surface area contributed by atoms with Gasteiger partial charge in [0.2, 0.25) is 0 Å². The van der Waals surface area contributed by atoms with Crippen molar-refractivity contribution in [3.8, 4) is 0 Å². The van der Waals surface area contributed by atoms with E-state index in [4.69, 9.17) is 10.2 Å². The van der Waals surface area contributed by atoms with E-state index in [2.05, 4.69) is 16.4 Å². The maximum atomic E-state index is 5.91. The number of nitrogens with zero attached hydrogens (tertiary/aromatic N) is 1. The average Bonchev–Trinajstić information content (AvgIpc) is 2.88. The van der Waals surface area contributed by atoms with Gasteiger partial charge in [0.1, 0.15) is 17.6 Å². The molecule has 5 heteroatoms. The third-order valence-corrected chi connectivity index (χ3v) is 3.54. The number of rotatable bonds is 1. The lowest BCUT2D eigenvalue weighted by molar-refractivity contribution is 0.464. The van der Waals surface area contributed by atoms with Crippen LogP contribution in [0, 0.1) is 0 Å². The van der Waals surface area contributed by atoms with Crippen LogP contribution >= 0.6 is 23.7 Å². The molecular weight excluding hydrogens is 244 g/mol. The highest BCUT2D eigenvalue weighted by atomic mass is 35.5. The molecule has 3 heterocycles. The van der Waals surface area contributed by atoms with Crippen molar-refractivity contribution in [1.29, 1.82) is 0 Å². The van der Waals surface area contributed by atoms with Crippen molar-refractivity contribution in [3.05, 3.63) is 46.0 Å². The Bertz CT molecular complexity index is 504. The molecule has 0 bridgehead atoms. The van der Waals surface area contributed by atoms with Gasteiger partial charge in [0.05, 0.1) is 11.1 Å². The lowest BCUT2D eigenvalue weighted by Crippen LogP contribution is -2.20. The first-order chi connectivity index (χ1) is 7.34. The fourth-order valence-electron chi connectivity index (χ4n) is 1.85. The zero-order chi connectivity index (χ0) is 10.3. The zero-order valence-corrected chi connectivity index (χ0v) is 10.1. The summed E-state index contributed by atoms with van der Waals surface area (Å²) in [6.07, 6.45) is 2.55. The second-order valence-corrected chi connectivity index (χ2v) is 4.44. The van der Waals surface area contributed by atoms with Crippen LogP contribution in [0.15, 0.2) is 39.3 Å². The van der Waals surface area contributed by atoms with E-state index in [1.54, 1.807) is 17.6 Å². The van der Waals surface area contributed by atoms with E-state index in [1.165, 1.54) is 5.56 Å². The fourth-order valence-corrected chi connectivity index (χ4v) is 2.69. The molecule has 0 aromatic carbocycles. The van der Waals surface area contributed by atoms with Gasteiger partial charge in [-0.2, -0.15) is 0 Å². The van der Waals surface area contributed by atoms with E-state index in [1.807, 2.05) is 12.1 Å². The lowest BCUT2D eigenvalue weighted by Gasteiger charge is -2.16. The van der Waals surface area contributed by atoms with E-state index in [9.17, 15) is 0 Å². The molecule has 3 nitrogen and oxygen atoms in total. The summed E-state index contributed by atoms with van der Waals surface area (Å²) < 4.78 is 5.35. The molecule has 0 saturated carbocycles. The van der Waals surface area contributed by atoms with E-state index < -0.39 is 0 Å². The monoisotopic (exact) mass is 254 g/mol. The molecule has 0 fully saturated rings. The number of hydrogen-bond acceptors (Lipinski definition) is 4. The van der Waals surface area contributed by atoms with Crippen LogP contribution in [0.5, 0.6) is 0 Å². The number of amidine groups is 1. The third kappa shape index (κ3) is 1.74. The van der Waals surface area contributed by atoms with E-state index in [0.717, 1.165) is 17.1 Å². The number of furan rings is 1. The quantitative estimate of drug-likeness (QED) is 0.851. The second-order valence-electron chi connectivity index (χ2n) is 3.52. The van der Waals surface area contributed by atoms with Gasteiger partial charge in [-0.05, 0) is 29.1 Å². The molecule has 1 aliphatic rings. The van der Waals surface area contributed by atoms with Crippen LogP contribution in [-0.2, 0) is 6.42 Å². The van der Waals surface area contributed by atoms with Crippen molar-refractivity contribution >= 4 is 29.6 Å². The van der Waals surface area contributed by atoms with E-state index in [0.29, 0.717) is 5.84 Å². The highest BCUT2D eigenvalue weighted by Gasteiger charge is 2.23. The number of fused-ring (bicyclic) bond motifs is 1. The Morgan fingerprint density at radius 1 is 1.44 bits per heavy atom. The van der Waals surface area contributed by atoms with Crippen LogP contribution in [-0.4, -0.2) is 5.84 Å². The molecule has 16 heavy (non-hydrogen) atoms. The largest absolute Gasteiger partial charge is 0.467 e. The molecular formula is C11H11ClN2OS. The van der Waals surface area contributed by atoms with Crippen molar-refractivity contribution in [2.45, 2.75) is 12.5 Å². The minimum Gasteiger partial charge on any atom is -0.467 e. The van der Waals surface area contributed by atoms with Crippen molar-refractivity contribution in [1.82, 2.24) is 0 Å². The molecule has 84 valence electrons. The Balaban J connectivity index is 0.000000963. The molecule has 1 atom stereocenters. The predicted molar refractivity (Wildman–Crippen MR) is 67.4 cm³/mol. The minimum atomic E-state index is 0. The molecule has 2 N–H and O–H groups in total. The van der Waals surface area contributed by atoms with Gasteiger partial charge in [-0.25, -0.2) is 0 Å². The maximum Gasteiger partial charge on any atom is 0.136 e. The van der Waals surface area contributed by atoms with Gasteiger partial charge in [-0.15, -0.1) is 23.7 Å². The van der Waals surface area contributed by atoms with Gasteiger partial charge < -0.3 is 10.2 Å². The molecule has 0 aliphatic carbocycles. The zero-order valence-electron chi connectivity index (χ0n) is 8.42. The SMILES string of the molecule is Cl.NC1=NC(c2ccco2)Cc2ccsc21. The maximum absolute atomic E-state index is 5.91. The Kier molecular flexibility index (Phi) is 3.03. The van der Waals surface area contributed by atoms with Gasteiger partial charge in [0.25, 0.3) is 0 Å². The summed E-state index contributed by atoms with van der Waals surface area (Å²) in [6, 6.07) is 5.97. The highest BCUT2D eigenvalue weighted by molar-refractivity contribution is 7.12. The molecule has 1 unspecified atom stereocenters. The summed E-state index contributed by atoms with van der Waals surface area (Å²) in [5.41, 5.74) is 7.18. The van der Waals surface area contributed by atoms with Gasteiger partial charge in [0, 0.05) is 6.42 Å². The average molecular weight is 255 g/mol. The molecule has 0 saturated heterocycles. The van der Waals surface area contributed by atoms with Gasteiger partial charge in [0.15, 0.2) is 0 Å². The van der Waals surface area contributed by atoms with Crippen LogP contribution in [0.1, 0.15) is 22.2 Å². The number of nitrogens with two attached hydrogens (primary N) is 1. The predicted octanol–water partition coefficient (Wildman–Crippen LogP) is 2.77. The third-order valence-electron chi connectivity index (χ3n) is 2.56. The van der Waals surface area contributed by atoms with Crippen molar-refractivity contribution < 1.29 is 4.42 Å². The number of thiophene rings is 1. The normalized spacial score (nSPS) is 18.5. The fraction of sp³-hybridized carbons (Fsp3) is 0.182. The van der Waals surface area contributed by atoms with Crippen LogP contribution in [0.4, 0.5) is 0 Å². The molecule has 2 aromatic rings. The van der Waals surface area contributed by atoms with Gasteiger partial charge >= 0.3 is 0 Å². The highest BCUT2D eigenvalue weighted by Crippen LogP contribution is 2.31. The molecule has 1 aliphatic heterocycles. The number of hydrogen-bond donors (Lipinski definition) is 1.